The van der Waals surface area contributed by atoms with Crippen molar-refractivity contribution < 1.29 is 17.9 Å². The Bertz CT molecular complexity index is 529. The van der Waals surface area contributed by atoms with Gasteiger partial charge in [0.2, 0.25) is 10.0 Å². The first-order valence-corrected chi connectivity index (χ1v) is 8.24. The van der Waals surface area contributed by atoms with Crippen LogP contribution in [0.15, 0.2) is 23.1 Å². The number of benzene rings is 1. The van der Waals surface area contributed by atoms with Crippen molar-refractivity contribution in [2.45, 2.75) is 44.6 Å². The van der Waals surface area contributed by atoms with E-state index in [-0.39, 0.29) is 11.5 Å². The smallest absolute Gasteiger partial charge is 0.243 e. The summed E-state index contributed by atoms with van der Waals surface area (Å²) in [7, 11) is -3.82. The summed E-state index contributed by atoms with van der Waals surface area (Å²) >= 11 is 0. The molecule has 0 bridgehead atoms. The fraction of sp³-hybridized carbons (Fsp3) is 0.571. The Morgan fingerprint density at radius 1 is 1.30 bits per heavy atom. The van der Waals surface area contributed by atoms with Gasteiger partial charge < -0.3 is 5.11 Å². The molecule has 0 heterocycles. The molecule has 6 heteroatoms. The summed E-state index contributed by atoms with van der Waals surface area (Å²) in [6.45, 7) is 4.21. The van der Waals surface area contributed by atoms with Gasteiger partial charge in [-0.2, -0.15) is 0 Å². The second-order valence-corrected chi connectivity index (χ2v) is 6.95. The predicted molar refractivity (Wildman–Crippen MR) is 76.2 cm³/mol. The van der Waals surface area contributed by atoms with E-state index in [1.54, 1.807) is 0 Å². The summed E-state index contributed by atoms with van der Waals surface area (Å²) in [5, 5.41) is 8.87. The third-order valence-corrected chi connectivity index (χ3v) is 4.46. The minimum absolute atomic E-state index is 0.302. The van der Waals surface area contributed by atoms with E-state index in [4.69, 9.17) is 5.11 Å². The molecule has 0 amide bonds. The van der Waals surface area contributed by atoms with Gasteiger partial charge in [0.1, 0.15) is 10.7 Å². The summed E-state index contributed by atoms with van der Waals surface area (Å²) < 4.78 is 40.0. The number of aliphatic hydroxyl groups excluding tert-OH is 1. The summed E-state index contributed by atoms with van der Waals surface area (Å²) in [6.07, 6.45) is 2.71. The standard InChI is InChI=1S/C14H22FNO3S/c1-11(2)5-3-4-8-16-20(18,19)14-7-6-12(10-17)9-13(14)15/h6-7,9,11,16-17H,3-5,8,10H2,1-2H3. The van der Waals surface area contributed by atoms with Crippen molar-refractivity contribution in [2.75, 3.05) is 6.54 Å². The van der Waals surface area contributed by atoms with E-state index in [0.717, 1.165) is 25.3 Å². The van der Waals surface area contributed by atoms with Crippen molar-refractivity contribution in [2.24, 2.45) is 5.92 Å². The van der Waals surface area contributed by atoms with E-state index in [0.29, 0.717) is 18.0 Å². The third kappa shape index (κ3) is 5.19. The zero-order valence-electron chi connectivity index (χ0n) is 11.9. The van der Waals surface area contributed by atoms with E-state index in [1.807, 2.05) is 0 Å². The maximum absolute atomic E-state index is 13.7. The van der Waals surface area contributed by atoms with E-state index < -0.39 is 15.8 Å². The van der Waals surface area contributed by atoms with Gasteiger partial charge in [-0.05, 0) is 30.0 Å². The summed E-state index contributed by atoms with van der Waals surface area (Å²) in [5.41, 5.74) is 0.346. The predicted octanol–water partition coefficient (Wildman–Crippen LogP) is 2.42. The first-order valence-electron chi connectivity index (χ1n) is 6.75. The molecule has 114 valence electrons. The van der Waals surface area contributed by atoms with Crippen LogP contribution in [0.4, 0.5) is 4.39 Å². The molecule has 0 aliphatic heterocycles. The molecule has 4 nitrogen and oxygen atoms in total. The molecule has 0 aliphatic carbocycles. The molecule has 0 unspecified atom stereocenters. The number of sulfonamides is 1. The maximum Gasteiger partial charge on any atom is 0.243 e. The third-order valence-electron chi connectivity index (χ3n) is 2.97. The highest BCUT2D eigenvalue weighted by molar-refractivity contribution is 7.89. The molecule has 1 aromatic rings. The van der Waals surface area contributed by atoms with Crippen molar-refractivity contribution in [3.8, 4) is 0 Å². The van der Waals surface area contributed by atoms with E-state index >= 15 is 0 Å². The first-order chi connectivity index (χ1) is 9.36. The van der Waals surface area contributed by atoms with Gasteiger partial charge in [0.25, 0.3) is 0 Å². The number of rotatable bonds is 8. The molecule has 0 aliphatic rings. The lowest BCUT2D eigenvalue weighted by molar-refractivity contribution is 0.281. The zero-order valence-corrected chi connectivity index (χ0v) is 12.7. The number of halogens is 1. The number of unbranched alkanes of at least 4 members (excludes halogenated alkanes) is 1. The molecule has 0 aromatic heterocycles. The van der Waals surface area contributed by atoms with Crippen LogP contribution in [0.3, 0.4) is 0 Å². The van der Waals surface area contributed by atoms with Crippen LogP contribution in [-0.2, 0) is 16.6 Å². The van der Waals surface area contributed by atoms with Gasteiger partial charge in [-0.3, -0.25) is 0 Å². The molecule has 0 saturated carbocycles. The van der Waals surface area contributed by atoms with Crippen molar-refractivity contribution in [1.29, 1.82) is 0 Å². The summed E-state index contributed by atoms with van der Waals surface area (Å²) in [4.78, 5) is -0.376. The minimum Gasteiger partial charge on any atom is -0.392 e. The Labute approximate surface area is 120 Å². The number of hydrogen-bond donors (Lipinski definition) is 2. The lowest BCUT2D eigenvalue weighted by Gasteiger charge is -2.09. The van der Waals surface area contributed by atoms with Crippen LogP contribution in [0.25, 0.3) is 0 Å². The van der Waals surface area contributed by atoms with E-state index in [1.165, 1.54) is 12.1 Å². The van der Waals surface area contributed by atoms with Gasteiger partial charge >= 0.3 is 0 Å². The first kappa shape index (κ1) is 17.1. The van der Waals surface area contributed by atoms with Crippen LogP contribution >= 0.6 is 0 Å². The number of hydrogen-bond acceptors (Lipinski definition) is 3. The van der Waals surface area contributed by atoms with Crippen LogP contribution in [0.1, 0.15) is 38.7 Å². The van der Waals surface area contributed by atoms with Crippen molar-refractivity contribution >= 4 is 10.0 Å². The minimum atomic E-state index is -3.82. The highest BCUT2D eigenvalue weighted by Crippen LogP contribution is 2.16. The van der Waals surface area contributed by atoms with Crippen LogP contribution in [0.2, 0.25) is 0 Å². The van der Waals surface area contributed by atoms with Gasteiger partial charge in [0, 0.05) is 6.54 Å². The second-order valence-electron chi connectivity index (χ2n) is 5.21. The highest BCUT2D eigenvalue weighted by atomic mass is 32.2. The Morgan fingerprint density at radius 3 is 2.55 bits per heavy atom. The van der Waals surface area contributed by atoms with Crippen molar-refractivity contribution in [3.05, 3.63) is 29.6 Å². The van der Waals surface area contributed by atoms with E-state index in [2.05, 4.69) is 18.6 Å². The number of aliphatic hydroxyl groups is 1. The molecule has 0 radical (unpaired) electrons. The van der Waals surface area contributed by atoms with Gasteiger partial charge in [-0.25, -0.2) is 17.5 Å². The van der Waals surface area contributed by atoms with Crippen LogP contribution in [0, 0.1) is 11.7 Å². The van der Waals surface area contributed by atoms with Crippen LogP contribution < -0.4 is 4.72 Å². The van der Waals surface area contributed by atoms with E-state index in [9.17, 15) is 12.8 Å². The lowest BCUT2D eigenvalue weighted by Crippen LogP contribution is -2.25. The molecule has 0 spiro atoms. The monoisotopic (exact) mass is 303 g/mol. The van der Waals surface area contributed by atoms with Crippen molar-refractivity contribution in [1.82, 2.24) is 4.72 Å². The quantitative estimate of drug-likeness (QED) is 0.725. The van der Waals surface area contributed by atoms with Crippen LogP contribution in [0.5, 0.6) is 0 Å². The largest absolute Gasteiger partial charge is 0.392 e. The number of nitrogens with one attached hydrogen (secondary N) is 1. The summed E-state index contributed by atoms with van der Waals surface area (Å²) in [6, 6.07) is 3.61. The normalized spacial score (nSPS) is 12.1. The van der Waals surface area contributed by atoms with Crippen molar-refractivity contribution in [3.63, 3.8) is 0 Å². The van der Waals surface area contributed by atoms with Crippen LogP contribution in [-0.4, -0.2) is 20.1 Å². The Morgan fingerprint density at radius 2 is 2.00 bits per heavy atom. The molecule has 1 aromatic carbocycles. The molecule has 0 saturated heterocycles. The lowest BCUT2D eigenvalue weighted by atomic mass is 10.1. The average Bonchev–Trinajstić information content (AvgIpc) is 2.37. The SMILES string of the molecule is CC(C)CCCCNS(=O)(=O)c1ccc(CO)cc1F. The molecule has 1 rings (SSSR count). The summed E-state index contributed by atoms with van der Waals surface area (Å²) in [5.74, 6) is -0.249. The fourth-order valence-corrected chi connectivity index (χ4v) is 2.95. The maximum atomic E-state index is 13.7. The second kappa shape index (κ2) is 7.71. The Balaban J connectivity index is 2.60. The molecular weight excluding hydrogens is 281 g/mol. The average molecular weight is 303 g/mol. The topological polar surface area (TPSA) is 66.4 Å². The zero-order chi connectivity index (χ0) is 15.2. The van der Waals surface area contributed by atoms with Gasteiger partial charge in [0.05, 0.1) is 6.61 Å². The Hall–Kier alpha value is -0.980. The van der Waals surface area contributed by atoms with Gasteiger partial charge in [-0.15, -0.1) is 0 Å². The van der Waals surface area contributed by atoms with Gasteiger partial charge in [0.15, 0.2) is 0 Å². The fourth-order valence-electron chi connectivity index (χ4n) is 1.82. The Kier molecular flexibility index (Phi) is 6.58. The highest BCUT2D eigenvalue weighted by Gasteiger charge is 2.18. The molecular formula is C14H22FNO3S. The molecule has 2 N–H and O–H groups in total. The van der Waals surface area contributed by atoms with Gasteiger partial charge in [-0.1, -0.05) is 32.8 Å². The molecule has 0 fully saturated rings. The molecule has 0 atom stereocenters. The molecule has 20 heavy (non-hydrogen) atoms.